The normalized spacial score (nSPS) is 16.4. The maximum absolute atomic E-state index is 12.5. The highest BCUT2D eigenvalue weighted by atomic mass is 32.1. The molecular formula is C18H19N3O4S2. The number of carbonyl (C=O) groups excluding carboxylic acids is 1. The molecule has 0 spiro atoms. The number of hydrogen-bond donors (Lipinski definition) is 1. The van der Waals surface area contributed by atoms with Gasteiger partial charge < -0.3 is 9.72 Å². The number of thiophene rings is 1. The van der Waals surface area contributed by atoms with Crippen molar-refractivity contribution < 1.29 is 9.53 Å². The topological polar surface area (TPSA) is 94.0 Å². The Balaban J connectivity index is 1.52. The molecule has 4 rings (SSSR count). The Morgan fingerprint density at radius 3 is 3.00 bits per heavy atom. The molecule has 0 fully saturated rings. The van der Waals surface area contributed by atoms with Crippen LogP contribution in [-0.2, 0) is 35.5 Å². The third-order valence-corrected chi connectivity index (χ3v) is 6.88. The molecule has 9 heteroatoms. The average Bonchev–Trinajstić information content (AvgIpc) is 3.14. The van der Waals surface area contributed by atoms with Gasteiger partial charge in [-0.1, -0.05) is 18.3 Å². The molecule has 3 aromatic rings. The van der Waals surface area contributed by atoms with Crippen molar-refractivity contribution in [3.8, 4) is 0 Å². The van der Waals surface area contributed by atoms with Gasteiger partial charge in [0.25, 0.3) is 5.56 Å². The lowest BCUT2D eigenvalue weighted by Crippen LogP contribution is -2.22. The Hall–Kier alpha value is -2.26. The molecule has 1 N–H and O–H groups in total. The summed E-state index contributed by atoms with van der Waals surface area (Å²) in [4.78, 5) is 45.2. The molecule has 3 heterocycles. The number of nitrogens with zero attached hydrogens (tertiary/aromatic N) is 2. The minimum atomic E-state index is -0.541. The van der Waals surface area contributed by atoms with Gasteiger partial charge in [0.2, 0.25) is 0 Å². The van der Waals surface area contributed by atoms with Crippen LogP contribution in [0.3, 0.4) is 0 Å². The van der Waals surface area contributed by atoms with Crippen LogP contribution in [0.2, 0.25) is 0 Å². The Kier molecular flexibility index (Phi) is 4.73. The third-order valence-electron chi connectivity index (χ3n) is 4.85. The summed E-state index contributed by atoms with van der Waals surface area (Å²) >= 11 is 2.60. The lowest BCUT2D eigenvalue weighted by molar-refractivity contribution is -0.146. The maximum Gasteiger partial charge on any atom is 0.326 e. The number of aromatic amines is 1. The average molecular weight is 406 g/mol. The van der Waals surface area contributed by atoms with Crippen molar-refractivity contribution in [1.82, 2.24) is 14.5 Å². The van der Waals surface area contributed by atoms with Crippen LogP contribution in [0.5, 0.6) is 0 Å². The zero-order valence-corrected chi connectivity index (χ0v) is 16.7. The van der Waals surface area contributed by atoms with E-state index in [2.05, 4.69) is 16.9 Å². The third kappa shape index (κ3) is 3.49. The molecule has 7 nitrogen and oxygen atoms in total. The van der Waals surface area contributed by atoms with Crippen molar-refractivity contribution >= 4 is 38.9 Å². The van der Waals surface area contributed by atoms with Gasteiger partial charge in [0.15, 0.2) is 0 Å². The molecule has 0 bridgehead atoms. The minimum Gasteiger partial charge on any atom is -0.456 e. The lowest BCUT2D eigenvalue weighted by atomic mass is 9.89. The monoisotopic (exact) mass is 405 g/mol. The highest BCUT2D eigenvalue weighted by Gasteiger charge is 2.23. The minimum absolute atomic E-state index is 0.124. The number of rotatable bonds is 4. The molecule has 0 radical (unpaired) electrons. The van der Waals surface area contributed by atoms with Crippen LogP contribution in [0.1, 0.15) is 35.3 Å². The standard InChI is InChI=1S/C18H19N3O4S2/c1-9-3-4-11-12(5-9)27-17-15(11)16(23)19-13(20-17)7-25-14(22)6-21-10(2)8-26-18(21)24/h8-9H,3-7H2,1-2H3,(H,19,20,23)/t9-/m0/s1. The number of ether oxygens (including phenoxy) is 1. The lowest BCUT2D eigenvalue weighted by Gasteiger charge is -2.17. The molecule has 3 aromatic heterocycles. The van der Waals surface area contributed by atoms with Crippen molar-refractivity contribution in [1.29, 1.82) is 0 Å². The van der Waals surface area contributed by atoms with E-state index in [0.717, 1.165) is 36.2 Å². The van der Waals surface area contributed by atoms with Crippen molar-refractivity contribution in [3.63, 3.8) is 0 Å². The Morgan fingerprint density at radius 1 is 1.44 bits per heavy atom. The van der Waals surface area contributed by atoms with Gasteiger partial charge in [-0.05, 0) is 37.7 Å². The summed E-state index contributed by atoms with van der Waals surface area (Å²) in [6, 6.07) is 0. The predicted octanol–water partition coefficient (Wildman–Crippen LogP) is 2.38. The molecule has 0 saturated heterocycles. The zero-order chi connectivity index (χ0) is 19.1. The summed E-state index contributed by atoms with van der Waals surface area (Å²) in [7, 11) is 0. The first-order valence-corrected chi connectivity index (χ1v) is 10.5. The van der Waals surface area contributed by atoms with E-state index in [1.807, 2.05) is 0 Å². The Labute approximate surface area is 162 Å². The summed E-state index contributed by atoms with van der Waals surface area (Å²) in [5, 5.41) is 2.37. The van der Waals surface area contributed by atoms with Crippen molar-refractivity contribution in [2.45, 2.75) is 46.3 Å². The van der Waals surface area contributed by atoms with Gasteiger partial charge in [0.05, 0.1) is 5.39 Å². The van der Waals surface area contributed by atoms with E-state index in [4.69, 9.17) is 4.74 Å². The molecule has 1 atom stereocenters. The van der Waals surface area contributed by atoms with Crippen molar-refractivity contribution in [2.24, 2.45) is 5.92 Å². The number of thiazole rings is 1. The molecule has 0 amide bonds. The molecule has 0 aliphatic heterocycles. The van der Waals surface area contributed by atoms with E-state index in [-0.39, 0.29) is 23.6 Å². The van der Waals surface area contributed by atoms with Crippen LogP contribution >= 0.6 is 22.7 Å². The number of fused-ring (bicyclic) bond motifs is 3. The fourth-order valence-corrected chi connectivity index (χ4v) is 5.52. The number of hydrogen-bond acceptors (Lipinski definition) is 7. The second-order valence-corrected chi connectivity index (χ2v) is 8.84. The van der Waals surface area contributed by atoms with Crippen LogP contribution in [0.4, 0.5) is 0 Å². The van der Waals surface area contributed by atoms with Gasteiger partial charge in [0.1, 0.15) is 23.8 Å². The number of aryl methyl sites for hydroxylation is 2. The van der Waals surface area contributed by atoms with E-state index in [9.17, 15) is 14.4 Å². The first kappa shape index (κ1) is 18.1. The smallest absolute Gasteiger partial charge is 0.326 e. The molecule has 142 valence electrons. The second kappa shape index (κ2) is 7.05. The van der Waals surface area contributed by atoms with Crippen LogP contribution in [0, 0.1) is 12.8 Å². The van der Waals surface area contributed by atoms with Gasteiger partial charge in [-0.25, -0.2) is 4.98 Å². The first-order valence-electron chi connectivity index (χ1n) is 8.76. The second-order valence-electron chi connectivity index (χ2n) is 6.93. The fourth-order valence-electron chi connectivity index (χ4n) is 3.38. The highest BCUT2D eigenvalue weighted by Crippen LogP contribution is 2.35. The van der Waals surface area contributed by atoms with Crippen LogP contribution in [0.15, 0.2) is 15.0 Å². The summed E-state index contributed by atoms with van der Waals surface area (Å²) in [5.74, 6) is 0.400. The molecule has 0 unspecified atom stereocenters. The van der Waals surface area contributed by atoms with E-state index >= 15 is 0 Å². The van der Waals surface area contributed by atoms with E-state index < -0.39 is 5.97 Å². The number of H-pyrrole nitrogens is 1. The van der Waals surface area contributed by atoms with E-state index in [1.54, 1.807) is 23.6 Å². The van der Waals surface area contributed by atoms with Gasteiger partial charge in [-0.2, -0.15) is 0 Å². The number of esters is 1. The largest absolute Gasteiger partial charge is 0.456 e. The van der Waals surface area contributed by atoms with Crippen LogP contribution < -0.4 is 10.4 Å². The van der Waals surface area contributed by atoms with Crippen molar-refractivity contribution in [3.05, 3.63) is 47.4 Å². The number of nitrogens with one attached hydrogen (secondary N) is 1. The maximum atomic E-state index is 12.5. The van der Waals surface area contributed by atoms with Gasteiger partial charge in [-0.15, -0.1) is 11.3 Å². The number of aromatic nitrogens is 3. The van der Waals surface area contributed by atoms with Gasteiger partial charge in [0, 0.05) is 16.0 Å². The molecule has 1 aliphatic rings. The van der Waals surface area contributed by atoms with E-state index in [1.165, 1.54) is 9.44 Å². The SMILES string of the molecule is Cc1csc(=O)n1CC(=O)OCc1nc2sc3c(c2c(=O)[nH]1)CC[C@H](C)C3. The Bertz CT molecular complexity index is 1140. The van der Waals surface area contributed by atoms with Crippen molar-refractivity contribution in [2.75, 3.05) is 0 Å². The summed E-state index contributed by atoms with van der Waals surface area (Å²) in [5.41, 5.74) is 1.66. The zero-order valence-electron chi connectivity index (χ0n) is 15.0. The van der Waals surface area contributed by atoms with Crippen LogP contribution in [0.25, 0.3) is 10.2 Å². The molecule has 0 saturated carbocycles. The van der Waals surface area contributed by atoms with Crippen LogP contribution in [-0.4, -0.2) is 20.5 Å². The van der Waals surface area contributed by atoms with Gasteiger partial charge >= 0.3 is 10.8 Å². The highest BCUT2D eigenvalue weighted by molar-refractivity contribution is 7.18. The summed E-state index contributed by atoms with van der Waals surface area (Å²) in [6.07, 6.45) is 2.97. The quantitative estimate of drug-likeness (QED) is 0.673. The predicted molar refractivity (Wildman–Crippen MR) is 105 cm³/mol. The fraction of sp³-hybridized carbons (Fsp3) is 0.444. The summed E-state index contributed by atoms with van der Waals surface area (Å²) in [6.45, 7) is 3.71. The number of carbonyl (C=O) groups is 1. The molecule has 0 aromatic carbocycles. The summed E-state index contributed by atoms with van der Waals surface area (Å²) < 4.78 is 6.57. The first-order chi connectivity index (χ1) is 12.9. The Morgan fingerprint density at radius 2 is 2.26 bits per heavy atom. The molecule has 1 aliphatic carbocycles. The molecule has 27 heavy (non-hydrogen) atoms. The molecular weight excluding hydrogens is 386 g/mol. The van der Waals surface area contributed by atoms with E-state index in [0.29, 0.717) is 27.7 Å². The van der Waals surface area contributed by atoms with Gasteiger partial charge in [-0.3, -0.25) is 19.0 Å².